The molecule has 20 heavy (non-hydrogen) atoms. The van der Waals surface area contributed by atoms with Gasteiger partial charge >= 0.3 is 0 Å². The molecule has 0 aromatic heterocycles. The van der Waals surface area contributed by atoms with E-state index in [1.165, 1.54) is 38.9 Å². The number of carbonyl (C=O) groups is 1. The Labute approximate surface area is 124 Å². The second-order valence-electron chi connectivity index (χ2n) is 7.51. The van der Waals surface area contributed by atoms with Gasteiger partial charge < -0.3 is 9.80 Å². The molecule has 2 saturated heterocycles. The fraction of sp³-hybridized carbons (Fsp3) is 0.941. The Kier molecular flexibility index (Phi) is 5.11. The molecule has 2 aliphatic heterocycles. The van der Waals surface area contributed by atoms with Crippen molar-refractivity contribution < 1.29 is 4.79 Å². The Morgan fingerprint density at radius 2 is 1.95 bits per heavy atom. The van der Waals surface area contributed by atoms with Gasteiger partial charge in [-0.3, -0.25) is 4.79 Å². The van der Waals surface area contributed by atoms with Crippen molar-refractivity contribution in [2.24, 2.45) is 11.3 Å². The summed E-state index contributed by atoms with van der Waals surface area (Å²) in [5.74, 6) is 1.04. The minimum absolute atomic E-state index is 0.355. The van der Waals surface area contributed by atoms with Crippen LogP contribution in [-0.4, -0.2) is 47.9 Å². The highest BCUT2D eigenvalue weighted by Crippen LogP contribution is 2.34. The van der Waals surface area contributed by atoms with Crippen LogP contribution in [0.25, 0.3) is 0 Å². The van der Waals surface area contributed by atoms with Crippen LogP contribution in [0.3, 0.4) is 0 Å². The van der Waals surface area contributed by atoms with E-state index in [9.17, 15) is 4.79 Å². The van der Waals surface area contributed by atoms with Crippen LogP contribution in [0.5, 0.6) is 0 Å². The third kappa shape index (κ3) is 3.75. The molecule has 0 radical (unpaired) electrons. The molecule has 2 rings (SSSR count). The lowest BCUT2D eigenvalue weighted by atomic mass is 9.78. The molecule has 2 aliphatic rings. The Morgan fingerprint density at radius 1 is 1.30 bits per heavy atom. The van der Waals surface area contributed by atoms with Crippen LogP contribution in [0.15, 0.2) is 0 Å². The minimum atomic E-state index is 0.355. The average Bonchev–Trinajstić information content (AvgIpc) is 2.43. The molecule has 1 amide bonds. The summed E-state index contributed by atoms with van der Waals surface area (Å²) in [4.78, 5) is 16.6. The quantitative estimate of drug-likeness (QED) is 0.790. The van der Waals surface area contributed by atoms with Gasteiger partial charge in [-0.15, -0.1) is 0 Å². The van der Waals surface area contributed by atoms with Crippen molar-refractivity contribution in [3.05, 3.63) is 0 Å². The van der Waals surface area contributed by atoms with Gasteiger partial charge in [0.05, 0.1) is 0 Å². The van der Waals surface area contributed by atoms with Gasteiger partial charge in [0.2, 0.25) is 5.91 Å². The molecule has 2 heterocycles. The Morgan fingerprint density at radius 3 is 2.50 bits per heavy atom. The van der Waals surface area contributed by atoms with Crippen molar-refractivity contribution in [3.63, 3.8) is 0 Å². The maximum atomic E-state index is 11.9. The molecule has 0 spiro atoms. The van der Waals surface area contributed by atoms with Crippen molar-refractivity contribution in [3.8, 4) is 0 Å². The maximum Gasteiger partial charge on any atom is 0.222 e. The Balaban J connectivity index is 1.81. The number of carbonyl (C=O) groups excluding carboxylic acids is 1. The lowest BCUT2D eigenvalue weighted by Gasteiger charge is -2.42. The number of piperidine rings is 2. The standard InChI is InChI=1S/C17H32N2O/c1-5-17(4)8-10-18(11-9-17)12-15-6-7-16(20)19(13-15)14(2)3/h14-15H,5-13H2,1-4H3. The first-order chi connectivity index (χ1) is 9.43. The van der Waals surface area contributed by atoms with Crippen LogP contribution >= 0.6 is 0 Å². The Bertz CT molecular complexity index is 332. The molecule has 0 aromatic carbocycles. The van der Waals surface area contributed by atoms with E-state index in [0.717, 1.165) is 19.4 Å². The number of amides is 1. The molecule has 0 aliphatic carbocycles. The van der Waals surface area contributed by atoms with E-state index < -0.39 is 0 Å². The van der Waals surface area contributed by atoms with Crippen LogP contribution in [-0.2, 0) is 4.79 Å². The third-order valence-electron chi connectivity index (χ3n) is 5.60. The number of likely N-dealkylation sites (tertiary alicyclic amines) is 2. The fourth-order valence-electron chi connectivity index (χ4n) is 3.58. The van der Waals surface area contributed by atoms with E-state index in [-0.39, 0.29) is 0 Å². The summed E-state index contributed by atoms with van der Waals surface area (Å²) >= 11 is 0. The highest BCUT2D eigenvalue weighted by molar-refractivity contribution is 5.77. The van der Waals surface area contributed by atoms with Gasteiger partial charge in [0.25, 0.3) is 0 Å². The summed E-state index contributed by atoms with van der Waals surface area (Å²) in [6, 6.07) is 0.357. The second kappa shape index (κ2) is 6.46. The normalized spacial score (nSPS) is 28.1. The van der Waals surface area contributed by atoms with E-state index in [1.807, 2.05) is 0 Å². The number of hydrogen-bond acceptors (Lipinski definition) is 2. The lowest BCUT2D eigenvalue weighted by molar-refractivity contribution is -0.137. The maximum absolute atomic E-state index is 11.9. The first-order valence-electron chi connectivity index (χ1n) is 8.45. The number of rotatable bonds is 4. The predicted molar refractivity (Wildman–Crippen MR) is 83.6 cm³/mol. The molecular weight excluding hydrogens is 248 g/mol. The van der Waals surface area contributed by atoms with Crippen molar-refractivity contribution in [2.45, 2.75) is 65.8 Å². The summed E-state index contributed by atoms with van der Waals surface area (Å²) < 4.78 is 0. The van der Waals surface area contributed by atoms with Crippen LogP contribution in [0.2, 0.25) is 0 Å². The molecule has 0 bridgehead atoms. The van der Waals surface area contributed by atoms with Crippen molar-refractivity contribution in [1.29, 1.82) is 0 Å². The zero-order valence-electron chi connectivity index (χ0n) is 13.8. The molecule has 1 atom stereocenters. The molecule has 0 saturated carbocycles. The highest BCUT2D eigenvalue weighted by Gasteiger charge is 2.32. The zero-order chi connectivity index (χ0) is 14.8. The van der Waals surface area contributed by atoms with Gasteiger partial charge in [0, 0.05) is 25.6 Å². The van der Waals surface area contributed by atoms with Gasteiger partial charge in [-0.1, -0.05) is 20.3 Å². The molecular formula is C17H32N2O. The van der Waals surface area contributed by atoms with E-state index in [1.54, 1.807) is 0 Å². The van der Waals surface area contributed by atoms with Crippen LogP contribution in [0, 0.1) is 11.3 Å². The minimum Gasteiger partial charge on any atom is -0.340 e. The summed E-state index contributed by atoms with van der Waals surface area (Å²) in [6.45, 7) is 13.7. The molecule has 0 aromatic rings. The smallest absolute Gasteiger partial charge is 0.222 e. The lowest BCUT2D eigenvalue weighted by Crippen LogP contribution is -2.48. The average molecular weight is 280 g/mol. The molecule has 1 unspecified atom stereocenters. The van der Waals surface area contributed by atoms with Crippen molar-refractivity contribution >= 4 is 5.91 Å². The third-order valence-corrected chi connectivity index (χ3v) is 5.60. The predicted octanol–water partition coefficient (Wildman–Crippen LogP) is 3.15. The molecule has 2 fully saturated rings. The number of nitrogens with zero attached hydrogens (tertiary/aromatic N) is 2. The van der Waals surface area contributed by atoms with Gasteiger partial charge in [0.15, 0.2) is 0 Å². The highest BCUT2D eigenvalue weighted by atomic mass is 16.2. The monoisotopic (exact) mass is 280 g/mol. The van der Waals surface area contributed by atoms with E-state index >= 15 is 0 Å². The second-order valence-corrected chi connectivity index (χ2v) is 7.51. The zero-order valence-corrected chi connectivity index (χ0v) is 13.8. The summed E-state index contributed by atoms with van der Waals surface area (Å²) in [5, 5.41) is 0. The molecule has 3 nitrogen and oxygen atoms in total. The van der Waals surface area contributed by atoms with E-state index in [0.29, 0.717) is 23.3 Å². The summed E-state index contributed by atoms with van der Waals surface area (Å²) in [7, 11) is 0. The fourth-order valence-corrected chi connectivity index (χ4v) is 3.58. The van der Waals surface area contributed by atoms with Crippen LogP contribution in [0.4, 0.5) is 0 Å². The van der Waals surface area contributed by atoms with Gasteiger partial charge in [-0.25, -0.2) is 0 Å². The first-order valence-corrected chi connectivity index (χ1v) is 8.45. The topological polar surface area (TPSA) is 23.6 Å². The van der Waals surface area contributed by atoms with Crippen LogP contribution in [0.1, 0.15) is 59.8 Å². The van der Waals surface area contributed by atoms with E-state index in [2.05, 4.69) is 37.5 Å². The van der Waals surface area contributed by atoms with Gasteiger partial charge in [0.1, 0.15) is 0 Å². The SMILES string of the molecule is CCC1(C)CCN(CC2CCC(=O)N(C(C)C)C2)CC1. The summed E-state index contributed by atoms with van der Waals surface area (Å²) in [6.07, 6.45) is 5.82. The van der Waals surface area contributed by atoms with E-state index in [4.69, 9.17) is 0 Å². The van der Waals surface area contributed by atoms with Gasteiger partial charge in [-0.05, 0) is 57.5 Å². The molecule has 0 N–H and O–H groups in total. The van der Waals surface area contributed by atoms with Crippen molar-refractivity contribution in [2.75, 3.05) is 26.2 Å². The van der Waals surface area contributed by atoms with Crippen molar-refractivity contribution in [1.82, 2.24) is 9.80 Å². The molecule has 3 heteroatoms. The van der Waals surface area contributed by atoms with Gasteiger partial charge in [-0.2, -0.15) is 0 Å². The molecule has 116 valence electrons. The van der Waals surface area contributed by atoms with Crippen LogP contribution < -0.4 is 0 Å². The largest absolute Gasteiger partial charge is 0.340 e. The first kappa shape index (κ1) is 15.8. The number of hydrogen-bond donors (Lipinski definition) is 0. The Hall–Kier alpha value is -0.570. The summed E-state index contributed by atoms with van der Waals surface area (Å²) in [5.41, 5.74) is 0.572.